The van der Waals surface area contributed by atoms with E-state index in [1.165, 1.54) is 0 Å². The van der Waals surface area contributed by atoms with Crippen LogP contribution in [0.4, 0.5) is 0 Å². The highest BCUT2D eigenvalue weighted by atomic mass is 16.5. The molecule has 5 nitrogen and oxygen atoms in total. The van der Waals surface area contributed by atoms with Crippen LogP contribution in [0, 0.1) is 0 Å². The molecule has 0 bridgehead atoms. The van der Waals surface area contributed by atoms with Gasteiger partial charge in [0.2, 0.25) is 5.91 Å². The zero-order chi connectivity index (χ0) is 13.5. The summed E-state index contributed by atoms with van der Waals surface area (Å²) < 4.78 is 5.30. The van der Waals surface area contributed by atoms with Gasteiger partial charge in [-0.3, -0.25) is 9.69 Å². The van der Waals surface area contributed by atoms with Gasteiger partial charge in [0.15, 0.2) is 0 Å². The summed E-state index contributed by atoms with van der Waals surface area (Å²) in [6, 6.07) is 0.959. The van der Waals surface area contributed by atoms with Crippen molar-refractivity contribution >= 4 is 5.91 Å². The van der Waals surface area contributed by atoms with Crippen molar-refractivity contribution in [2.75, 3.05) is 39.4 Å². The molecule has 2 fully saturated rings. The number of nitrogens with one attached hydrogen (secondary N) is 2. The molecule has 0 atom stereocenters. The number of hydrogen-bond acceptors (Lipinski definition) is 4. The molecule has 0 aliphatic carbocycles. The first-order valence-electron chi connectivity index (χ1n) is 7.60. The Kier molecular flexibility index (Phi) is 6.07. The second-order valence-electron chi connectivity index (χ2n) is 5.56. The summed E-state index contributed by atoms with van der Waals surface area (Å²) in [5.74, 6) is 0.175. The Morgan fingerprint density at radius 2 is 1.84 bits per heavy atom. The Labute approximate surface area is 116 Å². The van der Waals surface area contributed by atoms with E-state index in [1.54, 1.807) is 0 Å². The summed E-state index contributed by atoms with van der Waals surface area (Å²) in [5.41, 5.74) is 0. The molecule has 19 heavy (non-hydrogen) atoms. The zero-order valence-corrected chi connectivity index (χ0v) is 12.0. The average molecular weight is 269 g/mol. The van der Waals surface area contributed by atoms with Crippen LogP contribution in [0.1, 0.15) is 32.6 Å². The Balaban J connectivity index is 1.63. The van der Waals surface area contributed by atoms with Gasteiger partial charge in [-0.2, -0.15) is 0 Å². The maximum Gasteiger partial charge on any atom is 0.234 e. The molecule has 2 saturated heterocycles. The lowest BCUT2D eigenvalue weighted by atomic mass is 10.0. The molecular formula is C14H27N3O2. The molecule has 0 saturated carbocycles. The molecule has 0 aromatic rings. The number of carbonyl (C=O) groups excluding carboxylic acids is 1. The smallest absolute Gasteiger partial charge is 0.234 e. The van der Waals surface area contributed by atoms with E-state index in [4.69, 9.17) is 4.74 Å². The number of nitrogens with zero attached hydrogens (tertiary/aromatic N) is 1. The number of hydrogen-bond donors (Lipinski definition) is 2. The topological polar surface area (TPSA) is 53.6 Å². The van der Waals surface area contributed by atoms with Gasteiger partial charge in [0.25, 0.3) is 0 Å². The van der Waals surface area contributed by atoms with E-state index < -0.39 is 0 Å². The number of piperidine rings is 1. The fourth-order valence-electron chi connectivity index (χ4n) is 2.90. The fraction of sp³-hybridized carbons (Fsp3) is 0.929. The standard InChI is InChI=1S/C14H27N3O2/c1-2-15-12-3-7-17(8-4-12)11-14(18)16-13-5-9-19-10-6-13/h12-13,15H,2-11H2,1H3,(H,16,18). The van der Waals surface area contributed by atoms with Gasteiger partial charge in [-0.1, -0.05) is 6.92 Å². The normalized spacial score (nSPS) is 23.4. The van der Waals surface area contributed by atoms with E-state index in [1.807, 2.05) is 0 Å². The van der Waals surface area contributed by atoms with E-state index in [9.17, 15) is 4.79 Å². The molecule has 0 spiro atoms. The second-order valence-corrected chi connectivity index (χ2v) is 5.56. The number of rotatable bonds is 5. The van der Waals surface area contributed by atoms with Crippen molar-refractivity contribution in [2.24, 2.45) is 0 Å². The molecule has 110 valence electrons. The predicted octanol–water partition coefficient (Wildman–Crippen LogP) is 0.356. The summed E-state index contributed by atoms with van der Waals surface area (Å²) in [4.78, 5) is 14.2. The molecule has 0 unspecified atom stereocenters. The van der Waals surface area contributed by atoms with Crippen molar-refractivity contribution in [1.29, 1.82) is 0 Å². The third-order valence-corrected chi connectivity index (χ3v) is 4.03. The van der Waals surface area contributed by atoms with Crippen LogP contribution < -0.4 is 10.6 Å². The lowest BCUT2D eigenvalue weighted by Crippen LogP contribution is -2.48. The summed E-state index contributed by atoms with van der Waals surface area (Å²) in [6.45, 7) is 7.34. The van der Waals surface area contributed by atoms with Crippen molar-refractivity contribution in [2.45, 2.75) is 44.7 Å². The predicted molar refractivity (Wildman–Crippen MR) is 75.1 cm³/mol. The minimum Gasteiger partial charge on any atom is -0.381 e. The van der Waals surface area contributed by atoms with Gasteiger partial charge in [-0.05, 0) is 32.2 Å². The molecule has 1 amide bonds. The van der Waals surface area contributed by atoms with Crippen LogP contribution in [-0.2, 0) is 9.53 Å². The summed E-state index contributed by atoms with van der Waals surface area (Å²) in [7, 11) is 0. The Hall–Kier alpha value is -0.650. The highest BCUT2D eigenvalue weighted by molar-refractivity contribution is 5.78. The minimum absolute atomic E-state index is 0.175. The van der Waals surface area contributed by atoms with Crippen molar-refractivity contribution in [3.8, 4) is 0 Å². The highest BCUT2D eigenvalue weighted by Crippen LogP contribution is 2.10. The van der Waals surface area contributed by atoms with Gasteiger partial charge in [0.1, 0.15) is 0 Å². The van der Waals surface area contributed by atoms with Crippen molar-refractivity contribution in [1.82, 2.24) is 15.5 Å². The van der Waals surface area contributed by atoms with Crippen molar-refractivity contribution in [3.63, 3.8) is 0 Å². The minimum atomic E-state index is 0.175. The summed E-state index contributed by atoms with van der Waals surface area (Å²) in [5, 5.41) is 6.61. The zero-order valence-electron chi connectivity index (χ0n) is 12.0. The number of likely N-dealkylation sites (tertiary alicyclic amines) is 1. The van der Waals surface area contributed by atoms with E-state index in [0.717, 1.165) is 58.5 Å². The van der Waals surface area contributed by atoms with E-state index >= 15 is 0 Å². The third kappa shape index (κ3) is 5.09. The average Bonchev–Trinajstić information content (AvgIpc) is 2.42. The van der Waals surface area contributed by atoms with Crippen molar-refractivity contribution < 1.29 is 9.53 Å². The molecule has 5 heteroatoms. The maximum absolute atomic E-state index is 12.0. The van der Waals surface area contributed by atoms with E-state index in [-0.39, 0.29) is 5.91 Å². The SMILES string of the molecule is CCNC1CCN(CC(=O)NC2CCOCC2)CC1. The number of ether oxygens (including phenoxy) is 1. The third-order valence-electron chi connectivity index (χ3n) is 4.03. The first-order valence-corrected chi connectivity index (χ1v) is 7.60. The Bertz CT molecular complexity index is 272. The van der Waals surface area contributed by atoms with Crippen LogP contribution in [0.3, 0.4) is 0 Å². The molecule has 2 aliphatic rings. The maximum atomic E-state index is 12.0. The fourth-order valence-corrected chi connectivity index (χ4v) is 2.90. The van der Waals surface area contributed by atoms with Crippen LogP contribution in [-0.4, -0.2) is 62.3 Å². The molecule has 2 rings (SSSR count). The van der Waals surface area contributed by atoms with Gasteiger partial charge in [0.05, 0.1) is 6.54 Å². The van der Waals surface area contributed by atoms with Crippen LogP contribution in [0.2, 0.25) is 0 Å². The lowest BCUT2D eigenvalue weighted by Gasteiger charge is -2.32. The molecule has 2 aliphatic heterocycles. The first-order chi connectivity index (χ1) is 9.28. The lowest BCUT2D eigenvalue weighted by molar-refractivity contribution is -0.123. The molecule has 0 aromatic heterocycles. The van der Waals surface area contributed by atoms with E-state index in [0.29, 0.717) is 18.6 Å². The molecule has 2 heterocycles. The monoisotopic (exact) mass is 269 g/mol. The molecule has 0 aromatic carbocycles. The first kappa shape index (κ1) is 14.8. The van der Waals surface area contributed by atoms with Crippen LogP contribution in [0.15, 0.2) is 0 Å². The number of amides is 1. The second kappa shape index (κ2) is 7.82. The van der Waals surface area contributed by atoms with Gasteiger partial charge < -0.3 is 15.4 Å². The van der Waals surface area contributed by atoms with Gasteiger partial charge >= 0.3 is 0 Å². The quantitative estimate of drug-likeness (QED) is 0.756. The van der Waals surface area contributed by atoms with Crippen LogP contribution in [0.25, 0.3) is 0 Å². The Morgan fingerprint density at radius 1 is 1.16 bits per heavy atom. The molecular weight excluding hydrogens is 242 g/mol. The van der Waals surface area contributed by atoms with Crippen LogP contribution in [0.5, 0.6) is 0 Å². The highest BCUT2D eigenvalue weighted by Gasteiger charge is 2.21. The molecule has 0 radical (unpaired) electrons. The van der Waals surface area contributed by atoms with E-state index in [2.05, 4.69) is 22.5 Å². The van der Waals surface area contributed by atoms with Gasteiger partial charge in [-0.15, -0.1) is 0 Å². The summed E-state index contributed by atoms with van der Waals surface area (Å²) in [6.07, 6.45) is 4.21. The number of carbonyl (C=O) groups is 1. The van der Waals surface area contributed by atoms with Gasteiger partial charge in [0, 0.05) is 38.4 Å². The molecule has 2 N–H and O–H groups in total. The van der Waals surface area contributed by atoms with Crippen LogP contribution >= 0.6 is 0 Å². The largest absolute Gasteiger partial charge is 0.381 e. The van der Waals surface area contributed by atoms with Crippen molar-refractivity contribution in [3.05, 3.63) is 0 Å². The summed E-state index contributed by atoms with van der Waals surface area (Å²) >= 11 is 0. The Morgan fingerprint density at radius 3 is 2.47 bits per heavy atom. The van der Waals surface area contributed by atoms with Gasteiger partial charge in [-0.25, -0.2) is 0 Å².